The van der Waals surface area contributed by atoms with Crippen molar-refractivity contribution >= 4 is 5.97 Å². The number of hydrogen-bond acceptors (Lipinski definition) is 3. The van der Waals surface area contributed by atoms with Gasteiger partial charge in [0.25, 0.3) is 0 Å². The summed E-state index contributed by atoms with van der Waals surface area (Å²) in [5.41, 5.74) is 0. The second-order valence-corrected chi connectivity index (χ2v) is 3.22. The summed E-state index contributed by atoms with van der Waals surface area (Å²) in [6.45, 7) is 4.12. The fraction of sp³-hybridized carbons (Fsp3) is 0.889. The Bertz CT molecular complexity index is 150. The number of carbonyl (C=O) groups excluding carboxylic acids is 1. The van der Waals surface area contributed by atoms with Crippen LogP contribution in [-0.2, 0) is 14.3 Å². The van der Waals surface area contributed by atoms with Crippen molar-refractivity contribution < 1.29 is 14.3 Å². The average Bonchev–Trinajstić information content (AvgIpc) is 2.05. The van der Waals surface area contributed by atoms with Crippen LogP contribution in [0.3, 0.4) is 0 Å². The lowest BCUT2D eigenvalue weighted by Gasteiger charge is -2.27. The highest BCUT2D eigenvalue weighted by Gasteiger charge is 2.22. The van der Waals surface area contributed by atoms with Crippen molar-refractivity contribution in [2.24, 2.45) is 0 Å². The summed E-state index contributed by atoms with van der Waals surface area (Å²) in [4.78, 5) is 10.6. The zero-order chi connectivity index (χ0) is 8.97. The van der Waals surface area contributed by atoms with Gasteiger partial charge in [0.15, 0.2) is 0 Å². The van der Waals surface area contributed by atoms with Crippen LogP contribution in [0.1, 0.15) is 33.1 Å². The monoisotopic (exact) mass is 172 g/mol. The third-order valence-corrected chi connectivity index (χ3v) is 2.09. The van der Waals surface area contributed by atoms with Crippen molar-refractivity contribution in [3.8, 4) is 0 Å². The van der Waals surface area contributed by atoms with Crippen molar-refractivity contribution in [3.63, 3.8) is 0 Å². The maximum Gasteiger partial charge on any atom is 0.302 e. The molecule has 0 bridgehead atoms. The van der Waals surface area contributed by atoms with Gasteiger partial charge in [-0.15, -0.1) is 0 Å². The van der Waals surface area contributed by atoms with E-state index >= 15 is 0 Å². The number of esters is 1. The molecule has 1 saturated heterocycles. The van der Waals surface area contributed by atoms with Crippen LogP contribution in [0.4, 0.5) is 0 Å². The zero-order valence-corrected chi connectivity index (χ0v) is 7.71. The first kappa shape index (κ1) is 9.52. The Morgan fingerprint density at radius 2 is 2.33 bits per heavy atom. The highest BCUT2D eigenvalue weighted by atomic mass is 16.6. The van der Waals surface area contributed by atoms with E-state index < -0.39 is 0 Å². The first-order chi connectivity index (χ1) is 5.70. The van der Waals surface area contributed by atoms with Gasteiger partial charge in [0, 0.05) is 13.5 Å². The van der Waals surface area contributed by atoms with Crippen molar-refractivity contribution in [3.05, 3.63) is 0 Å². The molecule has 1 rings (SSSR count). The Hall–Kier alpha value is -0.570. The summed E-state index contributed by atoms with van der Waals surface area (Å²) in [6.07, 6.45) is 3.33. The molecule has 2 unspecified atom stereocenters. The van der Waals surface area contributed by atoms with E-state index in [-0.39, 0.29) is 18.2 Å². The minimum absolute atomic E-state index is 0.0946. The standard InChI is InChI=1S/C9H16O3/c1-7(12-8(2)10)9-5-3-4-6-11-9/h7,9H,3-6H2,1-2H3. The quantitative estimate of drug-likeness (QED) is 0.592. The third-order valence-electron chi connectivity index (χ3n) is 2.09. The Morgan fingerprint density at radius 1 is 1.58 bits per heavy atom. The first-order valence-corrected chi connectivity index (χ1v) is 4.49. The highest BCUT2D eigenvalue weighted by Crippen LogP contribution is 2.17. The van der Waals surface area contributed by atoms with Crippen LogP contribution in [0.2, 0.25) is 0 Å². The van der Waals surface area contributed by atoms with Gasteiger partial charge in [-0.25, -0.2) is 0 Å². The van der Waals surface area contributed by atoms with Gasteiger partial charge in [-0.2, -0.15) is 0 Å². The summed E-state index contributed by atoms with van der Waals surface area (Å²) in [5, 5.41) is 0. The molecule has 1 heterocycles. The predicted octanol–water partition coefficient (Wildman–Crippen LogP) is 1.51. The molecule has 3 heteroatoms. The largest absolute Gasteiger partial charge is 0.460 e. The van der Waals surface area contributed by atoms with Gasteiger partial charge in [0.2, 0.25) is 0 Å². The molecule has 1 fully saturated rings. The van der Waals surface area contributed by atoms with E-state index in [1.807, 2.05) is 6.92 Å². The van der Waals surface area contributed by atoms with E-state index in [4.69, 9.17) is 9.47 Å². The Balaban J connectivity index is 2.29. The van der Waals surface area contributed by atoms with Crippen LogP contribution in [0, 0.1) is 0 Å². The second-order valence-electron chi connectivity index (χ2n) is 3.22. The maximum atomic E-state index is 10.6. The molecule has 0 aromatic heterocycles. The molecule has 3 nitrogen and oxygen atoms in total. The van der Waals surface area contributed by atoms with Crippen LogP contribution in [0.15, 0.2) is 0 Å². The van der Waals surface area contributed by atoms with Gasteiger partial charge in [-0.1, -0.05) is 0 Å². The van der Waals surface area contributed by atoms with Gasteiger partial charge >= 0.3 is 5.97 Å². The maximum absolute atomic E-state index is 10.6. The van der Waals surface area contributed by atoms with Crippen LogP contribution in [0.5, 0.6) is 0 Å². The van der Waals surface area contributed by atoms with Gasteiger partial charge in [0.1, 0.15) is 6.10 Å². The number of carbonyl (C=O) groups is 1. The van der Waals surface area contributed by atoms with E-state index in [1.54, 1.807) is 0 Å². The molecule has 0 saturated carbocycles. The minimum Gasteiger partial charge on any atom is -0.460 e. The molecule has 0 aromatic carbocycles. The van der Waals surface area contributed by atoms with E-state index in [0.717, 1.165) is 19.4 Å². The first-order valence-electron chi connectivity index (χ1n) is 4.49. The second kappa shape index (κ2) is 4.45. The SMILES string of the molecule is CC(=O)OC(C)C1CCCCO1. The molecule has 2 atom stereocenters. The number of rotatable bonds is 2. The molecule has 0 N–H and O–H groups in total. The highest BCUT2D eigenvalue weighted by molar-refractivity contribution is 5.66. The summed E-state index contributed by atoms with van der Waals surface area (Å²) >= 11 is 0. The molecule has 0 aromatic rings. The molecular formula is C9H16O3. The summed E-state index contributed by atoms with van der Waals surface area (Å²) in [7, 11) is 0. The molecule has 0 amide bonds. The van der Waals surface area contributed by atoms with Crippen LogP contribution in [0.25, 0.3) is 0 Å². The Morgan fingerprint density at radius 3 is 2.83 bits per heavy atom. The van der Waals surface area contributed by atoms with Gasteiger partial charge in [0.05, 0.1) is 6.10 Å². The molecule has 0 spiro atoms. The zero-order valence-electron chi connectivity index (χ0n) is 7.71. The third kappa shape index (κ3) is 2.81. The molecule has 70 valence electrons. The van der Waals surface area contributed by atoms with E-state index in [9.17, 15) is 4.79 Å². The van der Waals surface area contributed by atoms with E-state index in [0.29, 0.717) is 0 Å². The average molecular weight is 172 g/mol. The van der Waals surface area contributed by atoms with Crippen molar-refractivity contribution in [2.75, 3.05) is 6.61 Å². The Labute approximate surface area is 73.0 Å². The van der Waals surface area contributed by atoms with E-state index in [2.05, 4.69) is 0 Å². The number of hydrogen-bond donors (Lipinski definition) is 0. The fourth-order valence-electron chi connectivity index (χ4n) is 1.47. The van der Waals surface area contributed by atoms with Gasteiger partial charge < -0.3 is 9.47 Å². The van der Waals surface area contributed by atoms with Crippen LogP contribution < -0.4 is 0 Å². The summed E-state index contributed by atoms with van der Waals surface area (Å²) in [5.74, 6) is -0.225. The lowest BCUT2D eigenvalue weighted by Crippen LogP contribution is -2.33. The number of ether oxygens (including phenoxy) is 2. The van der Waals surface area contributed by atoms with Crippen molar-refractivity contribution in [1.29, 1.82) is 0 Å². The topological polar surface area (TPSA) is 35.5 Å². The van der Waals surface area contributed by atoms with Gasteiger partial charge in [-0.3, -0.25) is 4.79 Å². The van der Waals surface area contributed by atoms with E-state index in [1.165, 1.54) is 13.3 Å². The van der Waals surface area contributed by atoms with Gasteiger partial charge in [-0.05, 0) is 26.2 Å². The molecule has 12 heavy (non-hydrogen) atoms. The Kier molecular flexibility index (Phi) is 3.53. The van der Waals surface area contributed by atoms with Crippen molar-refractivity contribution in [2.45, 2.75) is 45.3 Å². The molecule has 1 aliphatic heterocycles. The lowest BCUT2D eigenvalue weighted by atomic mass is 10.1. The molecule has 1 aliphatic rings. The minimum atomic E-state index is -0.225. The normalized spacial score (nSPS) is 26.3. The van der Waals surface area contributed by atoms with Crippen LogP contribution in [-0.4, -0.2) is 24.8 Å². The lowest BCUT2D eigenvalue weighted by molar-refractivity contribution is -0.155. The smallest absolute Gasteiger partial charge is 0.302 e. The summed E-state index contributed by atoms with van der Waals surface area (Å²) in [6, 6.07) is 0. The summed E-state index contributed by atoms with van der Waals surface area (Å²) < 4.78 is 10.5. The van der Waals surface area contributed by atoms with Crippen LogP contribution >= 0.6 is 0 Å². The molecular weight excluding hydrogens is 156 g/mol. The predicted molar refractivity (Wildman–Crippen MR) is 44.8 cm³/mol. The molecule has 0 aliphatic carbocycles. The molecule has 0 radical (unpaired) electrons. The van der Waals surface area contributed by atoms with Crippen molar-refractivity contribution in [1.82, 2.24) is 0 Å². The fourth-order valence-corrected chi connectivity index (χ4v) is 1.47.